The molecule has 0 radical (unpaired) electrons. The molecule has 0 amide bonds. The Morgan fingerprint density at radius 1 is 1.38 bits per heavy atom. The molecule has 0 aliphatic carbocycles. The van der Waals surface area contributed by atoms with Crippen molar-refractivity contribution in [3.63, 3.8) is 0 Å². The monoisotopic (exact) mass is 335 g/mol. The molecule has 0 fully saturated rings. The van der Waals surface area contributed by atoms with E-state index in [1.807, 2.05) is 20.8 Å². The Balaban J connectivity index is 3.49. The zero-order valence-corrected chi connectivity index (χ0v) is 11.9. The second-order valence-corrected chi connectivity index (χ2v) is 5.68. The average molecular weight is 335 g/mol. The number of hydrogen-bond donors (Lipinski definition) is 0. The number of halogens is 1. The summed E-state index contributed by atoms with van der Waals surface area (Å²) in [6.07, 6.45) is 0. The smallest absolute Gasteiger partial charge is 0.271 e. The minimum atomic E-state index is -0.378. The summed E-state index contributed by atoms with van der Waals surface area (Å²) in [5, 5.41) is 10.8. The van der Waals surface area contributed by atoms with E-state index in [1.165, 1.54) is 6.07 Å². The Morgan fingerprint density at radius 3 is 2.31 bits per heavy atom. The molecule has 1 aromatic carbocycles. The molecule has 1 aromatic rings. The van der Waals surface area contributed by atoms with Crippen molar-refractivity contribution >= 4 is 28.3 Å². The highest BCUT2D eigenvalue weighted by Crippen LogP contribution is 2.37. The van der Waals surface area contributed by atoms with Gasteiger partial charge in [-0.25, -0.2) is 0 Å². The predicted molar refractivity (Wildman–Crippen MR) is 71.1 cm³/mol. The molecule has 0 N–H and O–H groups in total. The zero-order valence-electron chi connectivity index (χ0n) is 9.70. The summed E-state index contributed by atoms with van der Waals surface area (Å²) in [6, 6.07) is 3.11. The summed E-state index contributed by atoms with van der Waals surface area (Å²) in [4.78, 5) is 10.4. The molecule has 0 spiro atoms. The molecule has 4 nitrogen and oxygen atoms in total. The summed E-state index contributed by atoms with van der Waals surface area (Å²) in [5.74, 6) is 0.721. The number of rotatable bonds is 2. The van der Waals surface area contributed by atoms with Gasteiger partial charge in [-0.2, -0.15) is 0 Å². The van der Waals surface area contributed by atoms with E-state index in [4.69, 9.17) is 4.74 Å². The van der Waals surface area contributed by atoms with E-state index < -0.39 is 0 Å². The van der Waals surface area contributed by atoms with Crippen LogP contribution in [0, 0.1) is 13.7 Å². The molecule has 5 heteroatoms. The summed E-state index contributed by atoms with van der Waals surface area (Å²) >= 11 is 2.06. The number of nitrogens with zero attached hydrogens (tertiary/aromatic N) is 1. The SMILES string of the molecule is COc1c(I)cc([N+](=O)[O-])cc1C(C)(C)C. The Kier molecular flexibility index (Phi) is 3.77. The van der Waals surface area contributed by atoms with Crippen LogP contribution in [-0.4, -0.2) is 12.0 Å². The van der Waals surface area contributed by atoms with Crippen LogP contribution in [0.15, 0.2) is 12.1 Å². The number of nitro benzene ring substituents is 1. The van der Waals surface area contributed by atoms with E-state index in [2.05, 4.69) is 22.6 Å². The van der Waals surface area contributed by atoms with Crippen LogP contribution in [0.4, 0.5) is 5.69 Å². The lowest BCUT2D eigenvalue weighted by Crippen LogP contribution is -2.14. The molecule has 0 aliphatic heterocycles. The molecule has 0 unspecified atom stereocenters. The van der Waals surface area contributed by atoms with Gasteiger partial charge in [0.15, 0.2) is 0 Å². The summed E-state index contributed by atoms with van der Waals surface area (Å²) in [5.41, 5.74) is 0.779. The minimum absolute atomic E-state index is 0.107. The lowest BCUT2D eigenvalue weighted by molar-refractivity contribution is -0.385. The molecule has 0 aliphatic rings. The topological polar surface area (TPSA) is 52.4 Å². The van der Waals surface area contributed by atoms with Crippen molar-refractivity contribution in [1.82, 2.24) is 0 Å². The standard InChI is InChI=1S/C11H14INO3/c1-11(2,3)8-5-7(13(14)15)6-9(12)10(8)16-4/h5-6H,1-4H3. The van der Waals surface area contributed by atoms with Gasteiger partial charge in [0.1, 0.15) is 5.75 Å². The van der Waals surface area contributed by atoms with Crippen molar-refractivity contribution in [2.24, 2.45) is 0 Å². The van der Waals surface area contributed by atoms with E-state index in [-0.39, 0.29) is 16.0 Å². The van der Waals surface area contributed by atoms with Gasteiger partial charge < -0.3 is 4.74 Å². The predicted octanol–water partition coefficient (Wildman–Crippen LogP) is 3.51. The summed E-state index contributed by atoms with van der Waals surface area (Å²) < 4.78 is 6.07. The number of non-ortho nitro benzene ring substituents is 1. The van der Waals surface area contributed by atoms with E-state index >= 15 is 0 Å². The highest BCUT2D eigenvalue weighted by atomic mass is 127. The average Bonchev–Trinajstić information content (AvgIpc) is 2.14. The molecular weight excluding hydrogens is 321 g/mol. The van der Waals surface area contributed by atoms with Crippen LogP contribution in [0.2, 0.25) is 0 Å². The lowest BCUT2D eigenvalue weighted by Gasteiger charge is -2.22. The minimum Gasteiger partial charge on any atom is -0.495 e. The van der Waals surface area contributed by atoms with E-state index in [1.54, 1.807) is 13.2 Å². The third kappa shape index (κ3) is 2.63. The van der Waals surface area contributed by atoms with E-state index in [9.17, 15) is 10.1 Å². The van der Waals surface area contributed by atoms with E-state index in [0.29, 0.717) is 0 Å². The highest BCUT2D eigenvalue weighted by Gasteiger charge is 2.24. The van der Waals surface area contributed by atoms with Gasteiger partial charge in [-0.05, 0) is 28.0 Å². The Morgan fingerprint density at radius 2 is 1.94 bits per heavy atom. The van der Waals surface area contributed by atoms with E-state index in [0.717, 1.165) is 14.9 Å². The molecule has 0 heterocycles. The van der Waals surface area contributed by atoms with Crippen molar-refractivity contribution in [2.45, 2.75) is 26.2 Å². The maximum atomic E-state index is 10.8. The van der Waals surface area contributed by atoms with Crippen molar-refractivity contribution < 1.29 is 9.66 Å². The molecule has 0 saturated carbocycles. The van der Waals surface area contributed by atoms with Crippen molar-refractivity contribution in [3.05, 3.63) is 31.4 Å². The van der Waals surface area contributed by atoms with Crippen molar-refractivity contribution in [1.29, 1.82) is 0 Å². The van der Waals surface area contributed by atoms with Gasteiger partial charge in [-0.15, -0.1) is 0 Å². The first-order valence-corrected chi connectivity index (χ1v) is 5.87. The highest BCUT2D eigenvalue weighted by molar-refractivity contribution is 14.1. The molecule has 0 atom stereocenters. The largest absolute Gasteiger partial charge is 0.495 e. The number of methoxy groups -OCH3 is 1. The normalized spacial score (nSPS) is 11.3. The van der Waals surface area contributed by atoms with Crippen LogP contribution in [0.3, 0.4) is 0 Å². The third-order valence-electron chi connectivity index (χ3n) is 2.25. The molecular formula is C11H14INO3. The number of nitro groups is 1. The molecule has 1 rings (SSSR count). The van der Waals surface area contributed by atoms with Crippen LogP contribution in [0.1, 0.15) is 26.3 Å². The molecule has 16 heavy (non-hydrogen) atoms. The second-order valence-electron chi connectivity index (χ2n) is 4.52. The fraction of sp³-hybridized carbons (Fsp3) is 0.455. The maximum Gasteiger partial charge on any atom is 0.271 e. The Hall–Kier alpha value is -0.850. The second kappa shape index (κ2) is 4.57. The first-order chi connectivity index (χ1) is 7.27. The first kappa shape index (κ1) is 13.2. The molecule has 0 saturated heterocycles. The van der Waals surface area contributed by atoms with Gasteiger partial charge in [-0.1, -0.05) is 20.8 Å². The molecule has 0 aromatic heterocycles. The zero-order chi connectivity index (χ0) is 12.5. The van der Waals surface area contributed by atoms with Gasteiger partial charge in [0.25, 0.3) is 5.69 Å². The molecule has 88 valence electrons. The van der Waals surface area contributed by atoms with Gasteiger partial charge >= 0.3 is 0 Å². The van der Waals surface area contributed by atoms with Gasteiger partial charge in [0.2, 0.25) is 0 Å². The summed E-state index contributed by atoms with van der Waals surface area (Å²) in [6.45, 7) is 6.01. The number of benzene rings is 1. The quantitative estimate of drug-likeness (QED) is 0.472. The Bertz CT molecular complexity index is 424. The lowest BCUT2D eigenvalue weighted by atomic mass is 9.86. The van der Waals surface area contributed by atoms with Gasteiger partial charge in [-0.3, -0.25) is 10.1 Å². The van der Waals surface area contributed by atoms with Crippen molar-refractivity contribution in [2.75, 3.05) is 7.11 Å². The number of hydrogen-bond acceptors (Lipinski definition) is 3. The third-order valence-corrected chi connectivity index (χ3v) is 3.05. The van der Waals surface area contributed by atoms with Crippen molar-refractivity contribution in [3.8, 4) is 5.75 Å². The first-order valence-electron chi connectivity index (χ1n) is 4.79. The fourth-order valence-corrected chi connectivity index (χ4v) is 2.28. The molecule has 0 bridgehead atoms. The summed E-state index contributed by atoms with van der Waals surface area (Å²) in [7, 11) is 1.58. The number of ether oxygens (including phenoxy) is 1. The van der Waals surface area contributed by atoms with Crippen LogP contribution in [-0.2, 0) is 5.41 Å². The van der Waals surface area contributed by atoms with Crippen LogP contribution >= 0.6 is 22.6 Å². The van der Waals surface area contributed by atoms with Crippen LogP contribution < -0.4 is 4.74 Å². The van der Waals surface area contributed by atoms with Gasteiger partial charge in [0.05, 0.1) is 15.6 Å². The van der Waals surface area contributed by atoms with Gasteiger partial charge in [0, 0.05) is 17.7 Å². The van der Waals surface area contributed by atoms with Crippen LogP contribution in [0.5, 0.6) is 5.75 Å². The van der Waals surface area contributed by atoms with Crippen LogP contribution in [0.25, 0.3) is 0 Å². The maximum absolute atomic E-state index is 10.8. The Labute approximate surface area is 108 Å². The fourth-order valence-electron chi connectivity index (χ4n) is 1.45.